The molecule has 2 fully saturated rings. The van der Waals surface area contributed by atoms with Crippen LogP contribution in [0.2, 0.25) is 0 Å². The summed E-state index contributed by atoms with van der Waals surface area (Å²) >= 11 is 1.09. The Labute approximate surface area is 157 Å². The molecule has 2 aliphatic carbocycles. The molecule has 3 atom stereocenters. The van der Waals surface area contributed by atoms with Crippen molar-refractivity contribution in [2.45, 2.75) is 46.5 Å². The first-order valence-corrected chi connectivity index (χ1v) is 10.1. The Morgan fingerprint density at radius 1 is 1.08 bits per heavy atom. The van der Waals surface area contributed by atoms with Gasteiger partial charge in [0.05, 0.1) is 18.8 Å². The van der Waals surface area contributed by atoms with Gasteiger partial charge in [0.25, 0.3) is 0 Å². The lowest BCUT2D eigenvalue weighted by atomic mass is 9.88. The number of thiophene rings is 1. The first-order chi connectivity index (χ1) is 12.5. The van der Waals surface area contributed by atoms with E-state index >= 15 is 0 Å². The van der Waals surface area contributed by atoms with E-state index in [1.807, 2.05) is 0 Å². The quantitative estimate of drug-likeness (QED) is 0.761. The SMILES string of the molecule is CCOC(=O)c1sc(NC(=O)[C@H]2C[C@H]3CC[C@H]2C3)c(C(=O)OCC)c1C. The average molecular weight is 379 g/mol. The molecule has 0 aliphatic heterocycles. The van der Waals surface area contributed by atoms with E-state index in [0.717, 1.165) is 30.6 Å². The molecule has 2 saturated carbocycles. The third kappa shape index (κ3) is 3.49. The molecule has 0 unspecified atom stereocenters. The van der Waals surface area contributed by atoms with E-state index < -0.39 is 11.9 Å². The molecule has 1 amide bonds. The van der Waals surface area contributed by atoms with Gasteiger partial charge in [0.1, 0.15) is 9.88 Å². The van der Waals surface area contributed by atoms with E-state index in [1.165, 1.54) is 6.42 Å². The molecular formula is C19H25NO5S. The number of amides is 1. The summed E-state index contributed by atoms with van der Waals surface area (Å²) in [6.07, 6.45) is 4.36. The summed E-state index contributed by atoms with van der Waals surface area (Å²) < 4.78 is 10.2. The number of rotatable bonds is 6. The first-order valence-electron chi connectivity index (χ1n) is 9.24. The molecule has 1 N–H and O–H groups in total. The smallest absolute Gasteiger partial charge is 0.348 e. The van der Waals surface area contributed by atoms with Gasteiger partial charge in [-0.1, -0.05) is 6.42 Å². The van der Waals surface area contributed by atoms with Gasteiger partial charge in [0.2, 0.25) is 5.91 Å². The fraction of sp³-hybridized carbons (Fsp3) is 0.632. The number of fused-ring (bicyclic) bond motifs is 2. The third-order valence-electron chi connectivity index (χ3n) is 5.40. The maximum absolute atomic E-state index is 12.8. The molecular weight excluding hydrogens is 354 g/mol. The molecule has 2 bridgehead atoms. The maximum atomic E-state index is 12.8. The number of carbonyl (C=O) groups excluding carboxylic acids is 3. The van der Waals surface area contributed by atoms with Gasteiger partial charge in [-0.05, 0) is 57.4 Å². The van der Waals surface area contributed by atoms with Crippen LogP contribution in [-0.4, -0.2) is 31.1 Å². The molecule has 2 aliphatic rings. The summed E-state index contributed by atoms with van der Waals surface area (Å²) in [6.45, 7) is 5.60. The lowest BCUT2D eigenvalue weighted by Crippen LogP contribution is -2.27. The largest absolute Gasteiger partial charge is 0.462 e. The normalized spacial score (nSPS) is 23.7. The standard InChI is InChI=1S/C19H25NO5S/c1-4-24-18(22)14-10(3)15(19(23)25-5-2)26-17(14)20-16(21)13-9-11-6-7-12(13)8-11/h11-13H,4-9H2,1-3H3,(H,20,21)/t11-,12-,13-/m0/s1. The minimum Gasteiger partial charge on any atom is -0.462 e. The summed E-state index contributed by atoms with van der Waals surface area (Å²) in [6, 6.07) is 0. The zero-order valence-electron chi connectivity index (χ0n) is 15.4. The summed E-state index contributed by atoms with van der Waals surface area (Å²) in [5.74, 6) is 0.0229. The van der Waals surface area contributed by atoms with Gasteiger partial charge in [-0.3, -0.25) is 4.79 Å². The van der Waals surface area contributed by atoms with Crippen molar-refractivity contribution in [2.75, 3.05) is 18.5 Å². The van der Waals surface area contributed by atoms with E-state index in [2.05, 4.69) is 5.32 Å². The molecule has 7 heteroatoms. The van der Waals surface area contributed by atoms with Gasteiger partial charge in [-0.15, -0.1) is 11.3 Å². The lowest BCUT2D eigenvalue weighted by molar-refractivity contribution is -0.121. The summed E-state index contributed by atoms with van der Waals surface area (Å²) in [4.78, 5) is 37.7. The Morgan fingerprint density at radius 2 is 1.77 bits per heavy atom. The zero-order valence-corrected chi connectivity index (χ0v) is 16.2. The van der Waals surface area contributed by atoms with Gasteiger partial charge in [-0.2, -0.15) is 0 Å². The molecule has 0 radical (unpaired) electrons. The maximum Gasteiger partial charge on any atom is 0.348 e. The average Bonchev–Trinajstić information content (AvgIpc) is 3.29. The second-order valence-corrected chi connectivity index (χ2v) is 7.99. The van der Waals surface area contributed by atoms with Crippen LogP contribution in [0.5, 0.6) is 0 Å². The predicted octanol–water partition coefficient (Wildman–Crippen LogP) is 3.78. The van der Waals surface area contributed by atoms with Gasteiger partial charge in [-0.25, -0.2) is 9.59 Å². The molecule has 1 heterocycles. The van der Waals surface area contributed by atoms with Crippen molar-refractivity contribution in [2.24, 2.45) is 17.8 Å². The van der Waals surface area contributed by atoms with Crippen molar-refractivity contribution < 1.29 is 23.9 Å². The minimum atomic E-state index is -0.528. The Bertz CT molecular complexity index is 726. The highest BCUT2D eigenvalue weighted by molar-refractivity contribution is 7.18. The van der Waals surface area contributed by atoms with Gasteiger partial charge in [0.15, 0.2) is 0 Å². The fourth-order valence-electron chi connectivity index (χ4n) is 4.21. The number of esters is 2. The van der Waals surface area contributed by atoms with E-state index in [-0.39, 0.29) is 30.6 Å². The minimum absolute atomic E-state index is 0.00255. The van der Waals surface area contributed by atoms with E-state index in [4.69, 9.17) is 9.47 Å². The van der Waals surface area contributed by atoms with Crippen LogP contribution in [0.3, 0.4) is 0 Å². The highest BCUT2D eigenvalue weighted by Crippen LogP contribution is 2.49. The third-order valence-corrected chi connectivity index (χ3v) is 6.59. The molecule has 1 aromatic rings. The highest BCUT2D eigenvalue weighted by Gasteiger charge is 2.43. The number of anilines is 1. The summed E-state index contributed by atoms with van der Waals surface area (Å²) in [7, 11) is 0. The van der Waals surface area contributed by atoms with E-state index in [0.29, 0.717) is 27.3 Å². The zero-order chi connectivity index (χ0) is 18.8. The van der Waals surface area contributed by atoms with Crippen LogP contribution < -0.4 is 5.32 Å². The van der Waals surface area contributed by atoms with Crippen LogP contribution >= 0.6 is 11.3 Å². The van der Waals surface area contributed by atoms with Crippen LogP contribution in [0.15, 0.2) is 0 Å². The van der Waals surface area contributed by atoms with Gasteiger partial charge < -0.3 is 14.8 Å². The summed E-state index contributed by atoms with van der Waals surface area (Å²) in [5, 5.41) is 3.29. The van der Waals surface area contributed by atoms with Crippen LogP contribution in [-0.2, 0) is 14.3 Å². The van der Waals surface area contributed by atoms with Gasteiger partial charge >= 0.3 is 11.9 Å². The molecule has 0 saturated heterocycles. The van der Waals surface area contributed by atoms with Crippen LogP contribution in [0.1, 0.15) is 65.1 Å². The Morgan fingerprint density at radius 3 is 2.35 bits per heavy atom. The van der Waals surface area contributed by atoms with Crippen molar-refractivity contribution in [1.82, 2.24) is 0 Å². The molecule has 0 aromatic carbocycles. The number of nitrogens with one attached hydrogen (secondary N) is 1. The predicted molar refractivity (Wildman–Crippen MR) is 98.5 cm³/mol. The Balaban J connectivity index is 1.86. The number of hydrogen-bond acceptors (Lipinski definition) is 6. The highest BCUT2D eigenvalue weighted by atomic mass is 32.1. The van der Waals surface area contributed by atoms with Crippen LogP contribution in [0.4, 0.5) is 5.00 Å². The Hall–Kier alpha value is -1.89. The lowest BCUT2D eigenvalue weighted by Gasteiger charge is -2.20. The number of hydrogen-bond donors (Lipinski definition) is 1. The molecule has 26 heavy (non-hydrogen) atoms. The number of ether oxygens (including phenoxy) is 2. The van der Waals surface area contributed by atoms with Gasteiger partial charge in [0, 0.05) is 5.92 Å². The van der Waals surface area contributed by atoms with Crippen LogP contribution in [0.25, 0.3) is 0 Å². The molecule has 1 aromatic heterocycles. The van der Waals surface area contributed by atoms with Crippen molar-refractivity contribution in [3.05, 3.63) is 16.0 Å². The Kier molecular flexibility index (Phi) is 5.65. The second-order valence-electron chi connectivity index (χ2n) is 6.97. The molecule has 3 rings (SSSR count). The van der Waals surface area contributed by atoms with Crippen molar-refractivity contribution in [3.63, 3.8) is 0 Å². The van der Waals surface area contributed by atoms with E-state index in [9.17, 15) is 14.4 Å². The molecule has 142 valence electrons. The molecule has 0 spiro atoms. The van der Waals surface area contributed by atoms with E-state index in [1.54, 1.807) is 20.8 Å². The first kappa shape index (κ1) is 18.9. The summed E-state index contributed by atoms with van der Waals surface area (Å²) in [5.41, 5.74) is 0.756. The number of carbonyl (C=O) groups is 3. The van der Waals surface area contributed by atoms with Crippen molar-refractivity contribution in [3.8, 4) is 0 Å². The van der Waals surface area contributed by atoms with Crippen molar-refractivity contribution >= 4 is 34.2 Å². The van der Waals surface area contributed by atoms with Crippen LogP contribution in [0, 0.1) is 24.7 Å². The second kappa shape index (κ2) is 7.78. The van der Waals surface area contributed by atoms with Crippen molar-refractivity contribution in [1.29, 1.82) is 0 Å². The fourth-order valence-corrected chi connectivity index (χ4v) is 5.30. The topological polar surface area (TPSA) is 81.7 Å². The monoisotopic (exact) mass is 379 g/mol. The molecule has 6 nitrogen and oxygen atoms in total.